The van der Waals surface area contributed by atoms with E-state index in [1.54, 1.807) is 6.92 Å². The van der Waals surface area contributed by atoms with Gasteiger partial charge in [-0.25, -0.2) is 0 Å². The minimum atomic E-state index is -0.574. The second-order valence-electron chi connectivity index (χ2n) is 2.29. The molecule has 48 valence electrons. The molecule has 0 aromatic rings. The molecule has 0 aliphatic carbocycles. The number of aliphatic hydroxyl groups excluding tert-OH is 1. The highest BCUT2D eigenvalue weighted by atomic mass is 16.3. The van der Waals surface area contributed by atoms with Gasteiger partial charge in [-0.15, -0.1) is 0 Å². The van der Waals surface area contributed by atoms with Gasteiger partial charge >= 0.3 is 0 Å². The van der Waals surface area contributed by atoms with Crippen LogP contribution in [0.25, 0.3) is 0 Å². The van der Waals surface area contributed by atoms with Gasteiger partial charge in [0.05, 0.1) is 6.10 Å². The monoisotopic (exact) mass is 115 g/mol. The average molecular weight is 115 g/mol. The quantitative estimate of drug-likeness (QED) is 0.519. The standard InChI is InChI=1S/C6H13NO/c1-4(2)6(7)5(3)8/h4-5,7-8H,1-3H3. The molecule has 0 bridgehead atoms. The Kier molecular flexibility index (Phi) is 2.69. The summed E-state index contributed by atoms with van der Waals surface area (Å²) in [4.78, 5) is 0. The summed E-state index contributed by atoms with van der Waals surface area (Å²) >= 11 is 0. The third kappa shape index (κ3) is 2.07. The molecule has 0 aromatic heterocycles. The van der Waals surface area contributed by atoms with E-state index in [0.717, 1.165) is 0 Å². The summed E-state index contributed by atoms with van der Waals surface area (Å²) in [6.07, 6.45) is -0.574. The van der Waals surface area contributed by atoms with Crippen LogP contribution in [-0.4, -0.2) is 16.9 Å². The highest BCUT2D eigenvalue weighted by Crippen LogP contribution is 1.97. The van der Waals surface area contributed by atoms with Crippen molar-refractivity contribution in [1.82, 2.24) is 0 Å². The Labute approximate surface area is 50.0 Å². The third-order valence-corrected chi connectivity index (χ3v) is 1.07. The molecule has 0 spiro atoms. The Morgan fingerprint density at radius 3 is 1.75 bits per heavy atom. The van der Waals surface area contributed by atoms with E-state index in [-0.39, 0.29) is 5.92 Å². The van der Waals surface area contributed by atoms with Crippen LogP contribution in [0.15, 0.2) is 0 Å². The number of hydrogen-bond donors (Lipinski definition) is 2. The van der Waals surface area contributed by atoms with Crippen LogP contribution in [0.5, 0.6) is 0 Å². The van der Waals surface area contributed by atoms with Gasteiger partial charge in [0.15, 0.2) is 0 Å². The molecule has 0 amide bonds. The molecule has 8 heavy (non-hydrogen) atoms. The molecule has 0 fully saturated rings. The van der Waals surface area contributed by atoms with Crippen molar-refractivity contribution in [1.29, 1.82) is 5.41 Å². The maximum Gasteiger partial charge on any atom is 0.0888 e. The zero-order valence-corrected chi connectivity index (χ0v) is 5.60. The molecule has 0 saturated carbocycles. The summed E-state index contributed by atoms with van der Waals surface area (Å²) < 4.78 is 0. The molecule has 2 heteroatoms. The van der Waals surface area contributed by atoms with Gasteiger partial charge < -0.3 is 10.5 Å². The third-order valence-electron chi connectivity index (χ3n) is 1.07. The van der Waals surface area contributed by atoms with Gasteiger partial charge in [-0.3, -0.25) is 0 Å². The highest BCUT2D eigenvalue weighted by molar-refractivity contribution is 5.86. The molecule has 0 radical (unpaired) electrons. The van der Waals surface area contributed by atoms with Crippen molar-refractivity contribution in [2.75, 3.05) is 0 Å². The Morgan fingerprint density at radius 2 is 1.75 bits per heavy atom. The van der Waals surface area contributed by atoms with Crippen LogP contribution in [0.3, 0.4) is 0 Å². The van der Waals surface area contributed by atoms with Crippen molar-refractivity contribution in [2.24, 2.45) is 5.92 Å². The number of aliphatic hydroxyl groups is 1. The van der Waals surface area contributed by atoms with E-state index in [2.05, 4.69) is 0 Å². The van der Waals surface area contributed by atoms with Crippen LogP contribution in [0.1, 0.15) is 20.8 Å². The summed E-state index contributed by atoms with van der Waals surface area (Å²) in [6, 6.07) is 0. The Hall–Kier alpha value is -0.370. The normalized spacial score (nSPS) is 14.1. The van der Waals surface area contributed by atoms with Gasteiger partial charge in [-0.05, 0) is 12.8 Å². The van der Waals surface area contributed by atoms with E-state index in [1.807, 2.05) is 13.8 Å². The maximum absolute atomic E-state index is 8.77. The average Bonchev–Trinajstić information content (AvgIpc) is 1.64. The largest absolute Gasteiger partial charge is 0.387 e. The SMILES string of the molecule is CC(C)C(=N)C(C)O. The molecule has 0 aliphatic rings. The second kappa shape index (κ2) is 2.82. The lowest BCUT2D eigenvalue weighted by atomic mass is 10.0. The lowest BCUT2D eigenvalue weighted by Crippen LogP contribution is -2.20. The minimum Gasteiger partial charge on any atom is -0.387 e. The Balaban J connectivity index is 3.65. The molecule has 0 aliphatic heterocycles. The van der Waals surface area contributed by atoms with Crippen LogP contribution < -0.4 is 0 Å². The Morgan fingerprint density at radius 1 is 1.38 bits per heavy atom. The van der Waals surface area contributed by atoms with E-state index < -0.39 is 6.10 Å². The van der Waals surface area contributed by atoms with E-state index in [1.165, 1.54) is 0 Å². The summed E-state index contributed by atoms with van der Waals surface area (Å²) in [5.41, 5.74) is 0.407. The molecular weight excluding hydrogens is 102 g/mol. The van der Waals surface area contributed by atoms with E-state index in [0.29, 0.717) is 5.71 Å². The molecule has 0 heterocycles. The number of nitrogens with one attached hydrogen (secondary N) is 1. The van der Waals surface area contributed by atoms with Crippen molar-refractivity contribution in [2.45, 2.75) is 26.9 Å². The summed E-state index contributed by atoms with van der Waals surface area (Å²) in [5, 5.41) is 15.9. The molecule has 2 N–H and O–H groups in total. The molecule has 0 aromatic carbocycles. The summed E-state index contributed by atoms with van der Waals surface area (Å²) in [7, 11) is 0. The summed E-state index contributed by atoms with van der Waals surface area (Å²) in [6.45, 7) is 5.41. The molecule has 0 rings (SSSR count). The van der Waals surface area contributed by atoms with Crippen molar-refractivity contribution in [3.8, 4) is 0 Å². The van der Waals surface area contributed by atoms with Gasteiger partial charge in [0.25, 0.3) is 0 Å². The van der Waals surface area contributed by atoms with E-state index >= 15 is 0 Å². The second-order valence-corrected chi connectivity index (χ2v) is 2.29. The predicted molar refractivity (Wildman–Crippen MR) is 34.2 cm³/mol. The van der Waals surface area contributed by atoms with Crippen LogP contribution in [-0.2, 0) is 0 Å². The van der Waals surface area contributed by atoms with Gasteiger partial charge in [-0.1, -0.05) is 13.8 Å². The van der Waals surface area contributed by atoms with Crippen molar-refractivity contribution >= 4 is 5.71 Å². The van der Waals surface area contributed by atoms with Gasteiger partial charge in [0, 0.05) is 5.71 Å². The van der Waals surface area contributed by atoms with Gasteiger partial charge in [-0.2, -0.15) is 0 Å². The van der Waals surface area contributed by atoms with E-state index in [9.17, 15) is 0 Å². The van der Waals surface area contributed by atoms with Crippen LogP contribution >= 0.6 is 0 Å². The van der Waals surface area contributed by atoms with Crippen molar-refractivity contribution < 1.29 is 5.11 Å². The predicted octanol–water partition coefficient (Wildman–Crippen LogP) is 1.04. The van der Waals surface area contributed by atoms with Crippen molar-refractivity contribution in [3.05, 3.63) is 0 Å². The molecule has 1 unspecified atom stereocenters. The minimum absolute atomic E-state index is 0.176. The number of rotatable bonds is 2. The zero-order valence-electron chi connectivity index (χ0n) is 5.60. The fraction of sp³-hybridized carbons (Fsp3) is 0.833. The fourth-order valence-corrected chi connectivity index (χ4v) is 0.482. The first-order valence-electron chi connectivity index (χ1n) is 2.82. The first-order chi connectivity index (χ1) is 3.55. The maximum atomic E-state index is 8.77. The lowest BCUT2D eigenvalue weighted by molar-refractivity contribution is 0.255. The van der Waals surface area contributed by atoms with E-state index in [4.69, 9.17) is 10.5 Å². The smallest absolute Gasteiger partial charge is 0.0888 e. The lowest BCUT2D eigenvalue weighted by Gasteiger charge is -2.08. The molecule has 0 saturated heterocycles. The van der Waals surface area contributed by atoms with Crippen LogP contribution in [0, 0.1) is 11.3 Å². The van der Waals surface area contributed by atoms with Crippen LogP contribution in [0.4, 0.5) is 0 Å². The zero-order chi connectivity index (χ0) is 6.73. The first-order valence-corrected chi connectivity index (χ1v) is 2.82. The van der Waals surface area contributed by atoms with Gasteiger partial charge in [0.1, 0.15) is 0 Å². The van der Waals surface area contributed by atoms with Crippen molar-refractivity contribution in [3.63, 3.8) is 0 Å². The Bertz CT molecular complexity index is 76.5. The fourth-order valence-electron chi connectivity index (χ4n) is 0.482. The highest BCUT2D eigenvalue weighted by Gasteiger charge is 2.06. The molecular formula is C6H13NO. The molecule has 1 atom stereocenters. The van der Waals surface area contributed by atoms with Gasteiger partial charge in [0.2, 0.25) is 0 Å². The molecule has 2 nitrogen and oxygen atoms in total. The first kappa shape index (κ1) is 7.63. The van der Waals surface area contributed by atoms with Crippen LogP contribution in [0.2, 0.25) is 0 Å². The summed E-state index contributed by atoms with van der Waals surface area (Å²) in [5.74, 6) is 0.176. The number of hydrogen-bond acceptors (Lipinski definition) is 2. The topological polar surface area (TPSA) is 44.1 Å².